The average molecular weight is 247 g/mol. The van der Waals surface area contributed by atoms with Crippen LogP contribution in [0.15, 0.2) is 12.3 Å². The number of hydrogen-bond acceptors (Lipinski definition) is 5. The zero-order valence-electron chi connectivity index (χ0n) is 9.60. The fraction of sp³-hybridized carbons (Fsp3) is 0.364. The minimum absolute atomic E-state index is 0.0282. The zero-order chi connectivity index (χ0) is 12.5. The largest absolute Gasteiger partial charge is 0.476 e. The summed E-state index contributed by atoms with van der Waals surface area (Å²) in [7, 11) is 0. The molecule has 0 saturated carbocycles. The van der Waals surface area contributed by atoms with E-state index in [1.165, 1.54) is 0 Å². The third-order valence-electron chi connectivity index (χ3n) is 3.11. The molecular weight excluding hydrogens is 234 g/mol. The standard InChI is InChI=1S/C11H13N5O2/c17-11(18)9-8-6(7-5-12-3-4-13-7)1-2-14-10(8)16-15-9/h1-2,7,12-13H,3-5H2,(H,17,18)(H,14,15,16). The highest BCUT2D eigenvalue weighted by molar-refractivity contribution is 6.01. The third kappa shape index (κ3) is 1.73. The highest BCUT2D eigenvalue weighted by Crippen LogP contribution is 2.25. The van der Waals surface area contributed by atoms with E-state index in [4.69, 9.17) is 5.11 Å². The number of nitrogens with zero attached hydrogens (tertiary/aromatic N) is 2. The van der Waals surface area contributed by atoms with Gasteiger partial charge >= 0.3 is 5.97 Å². The topological polar surface area (TPSA) is 103 Å². The highest BCUT2D eigenvalue weighted by atomic mass is 16.4. The smallest absolute Gasteiger partial charge is 0.357 e. The first-order chi connectivity index (χ1) is 8.77. The Hall–Kier alpha value is -1.99. The van der Waals surface area contributed by atoms with Crippen LogP contribution in [0.5, 0.6) is 0 Å². The molecule has 0 radical (unpaired) electrons. The van der Waals surface area contributed by atoms with Gasteiger partial charge in [-0.05, 0) is 11.6 Å². The van der Waals surface area contributed by atoms with Crippen LogP contribution in [0.3, 0.4) is 0 Å². The molecule has 1 aliphatic rings. The van der Waals surface area contributed by atoms with E-state index in [1.54, 1.807) is 6.20 Å². The quantitative estimate of drug-likeness (QED) is 0.590. The molecule has 3 rings (SSSR count). The molecule has 7 heteroatoms. The number of fused-ring (bicyclic) bond motifs is 1. The molecule has 0 bridgehead atoms. The molecule has 7 nitrogen and oxygen atoms in total. The lowest BCUT2D eigenvalue weighted by atomic mass is 10.0. The number of piperazine rings is 1. The lowest BCUT2D eigenvalue weighted by Crippen LogP contribution is -2.42. The van der Waals surface area contributed by atoms with Crippen LogP contribution < -0.4 is 10.6 Å². The number of pyridine rings is 1. The summed E-state index contributed by atoms with van der Waals surface area (Å²) in [5.74, 6) is -1.04. The van der Waals surface area contributed by atoms with Crippen molar-refractivity contribution in [2.75, 3.05) is 19.6 Å². The Bertz CT molecular complexity index is 588. The van der Waals surface area contributed by atoms with Gasteiger partial charge in [0, 0.05) is 31.9 Å². The van der Waals surface area contributed by atoms with E-state index in [0.29, 0.717) is 11.0 Å². The van der Waals surface area contributed by atoms with Crippen molar-refractivity contribution in [3.63, 3.8) is 0 Å². The minimum Gasteiger partial charge on any atom is -0.476 e. The number of aromatic nitrogens is 3. The van der Waals surface area contributed by atoms with Gasteiger partial charge in [0.05, 0.1) is 5.39 Å². The van der Waals surface area contributed by atoms with Crippen molar-refractivity contribution in [2.24, 2.45) is 0 Å². The predicted octanol–water partition coefficient (Wildman–Crippen LogP) is -0.110. The van der Waals surface area contributed by atoms with E-state index in [9.17, 15) is 4.79 Å². The van der Waals surface area contributed by atoms with Crippen molar-refractivity contribution in [1.82, 2.24) is 25.8 Å². The second kappa shape index (κ2) is 4.35. The average Bonchev–Trinajstić information content (AvgIpc) is 2.83. The van der Waals surface area contributed by atoms with Crippen molar-refractivity contribution in [3.8, 4) is 0 Å². The summed E-state index contributed by atoms with van der Waals surface area (Å²) in [5, 5.41) is 22.8. The monoisotopic (exact) mass is 247 g/mol. The number of hydrogen-bond donors (Lipinski definition) is 4. The Morgan fingerprint density at radius 2 is 2.33 bits per heavy atom. The van der Waals surface area contributed by atoms with Gasteiger partial charge in [-0.1, -0.05) is 0 Å². The lowest BCUT2D eigenvalue weighted by molar-refractivity contribution is 0.0692. The number of aromatic carboxylic acids is 1. The molecule has 1 fully saturated rings. The molecule has 2 aromatic rings. The molecule has 3 heterocycles. The second-order valence-electron chi connectivity index (χ2n) is 4.21. The Morgan fingerprint density at radius 1 is 1.44 bits per heavy atom. The molecule has 4 N–H and O–H groups in total. The SMILES string of the molecule is O=C(O)c1n[nH]c2nccc(C3CNCCN3)c12. The Balaban J connectivity index is 2.15. The van der Waals surface area contributed by atoms with Gasteiger partial charge in [-0.2, -0.15) is 5.10 Å². The molecule has 1 aliphatic heterocycles. The number of carbonyl (C=O) groups is 1. The van der Waals surface area contributed by atoms with Crippen LogP contribution in [-0.2, 0) is 0 Å². The van der Waals surface area contributed by atoms with E-state index in [-0.39, 0.29) is 11.7 Å². The summed E-state index contributed by atoms with van der Waals surface area (Å²) in [5.41, 5.74) is 1.45. The number of nitrogens with one attached hydrogen (secondary N) is 3. The van der Waals surface area contributed by atoms with Crippen LogP contribution in [0.2, 0.25) is 0 Å². The van der Waals surface area contributed by atoms with Gasteiger partial charge in [0.25, 0.3) is 0 Å². The summed E-state index contributed by atoms with van der Waals surface area (Å²) in [6.07, 6.45) is 1.66. The molecule has 1 unspecified atom stereocenters. The first-order valence-corrected chi connectivity index (χ1v) is 5.78. The number of carboxylic acid groups (broad SMARTS) is 1. The number of H-pyrrole nitrogens is 1. The number of rotatable bonds is 2. The van der Waals surface area contributed by atoms with Gasteiger partial charge in [-0.3, -0.25) is 5.10 Å². The molecule has 1 atom stereocenters. The van der Waals surface area contributed by atoms with Crippen molar-refractivity contribution >= 4 is 17.0 Å². The molecule has 0 amide bonds. The molecule has 0 aliphatic carbocycles. The summed E-state index contributed by atoms with van der Waals surface area (Å²) >= 11 is 0. The fourth-order valence-corrected chi connectivity index (χ4v) is 2.29. The third-order valence-corrected chi connectivity index (χ3v) is 3.11. The van der Waals surface area contributed by atoms with E-state index in [2.05, 4.69) is 25.8 Å². The van der Waals surface area contributed by atoms with Gasteiger partial charge < -0.3 is 15.7 Å². The molecule has 0 spiro atoms. The molecule has 1 saturated heterocycles. The van der Waals surface area contributed by atoms with Crippen LogP contribution in [0.4, 0.5) is 0 Å². The van der Waals surface area contributed by atoms with E-state index >= 15 is 0 Å². The van der Waals surface area contributed by atoms with Gasteiger partial charge in [-0.25, -0.2) is 9.78 Å². The second-order valence-corrected chi connectivity index (χ2v) is 4.21. The first kappa shape index (κ1) is 11.1. The summed E-state index contributed by atoms with van der Waals surface area (Å²) in [6, 6.07) is 1.93. The summed E-state index contributed by atoms with van der Waals surface area (Å²) < 4.78 is 0. The van der Waals surface area contributed by atoms with Crippen LogP contribution in [-0.4, -0.2) is 45.9 Å². The maximum atomic E-state index is 11.2. The van der Waals surface area contributed by atoms with Crippen molar-refractivity contribution < 1.29 is 9.90 Å². The first-order valence-electron chi connectivity index (χ1n) is 5.78. The zero-order valence-corrected chi connectivity index (χ0v) is 9.60. The Kier molecular flexibility index (Phi) is 2.69. The van der Waals surface area contributed by atoms with Crippen LogP contribution in [0.25, 0.3) is 11.0 Å². The van der Waals surface area contributed by atoms with E-state index in [0.717, 1.165) is 25.2 Å². The van der Waals surface area contributed by atoms with Crippen LogP contribution in [0, 0.1) is 0 Å². The predicted molar refractivity (Wildman–Crippen MR) is 64.5 cm³/mol. The highest BCUT2D eigenvalue weighted by Gasteiger charge is 2.22. The number of aromatic amines is 1. The van der Waals surface area contributed by atoms with Gasteiger partial charge in [0.15, 0.2) is 11.3 Å². The Labute approximate surface area is 103 Å². The maximum absolute atomic E-state index is 11.2. The molecular formula is C11H13N5O2. The van der Waals surface area contributed by atoms with Gasteiger partial charge in [0.2, 0.25) is 0 Å². The normalized spacial score (nSPS) is 20.1. The Morgan fingerprint density at radius 3 is 3.06 bits per heavy atom. The van der Waals surface area contributed by atoms with Gasteiger partial charge in [0.1, 0.15) is 0 Å². The van der Waals surface area contributed by atoms with Gasteiger partial charge in [-0.15, -0.1) is 0 Å². The maximum Gasteiger partial charge on any atom is 0.357 e. The van der Waals surface area contributed by atoms with Crippen LogP contribution in [0.1, 0.15) is 22.1 Å². The summed E-state index contributed by atoms with van der Waals surface area (Å²) in [4.78, 5) is 15.3. The fourth-order valence-electron chi connectivity index (χ4n) is 2.29. The molecule has 2 aromatic heterocycles. The molecule has 0 aromatic carbocycles. The number of carboxylic acids is 1. The van der Waals surface area contributed by atoms with Crippen LogP contribution >= 0.6 is 0 Å². The minimum atomic E-state index is -1.04. The molecule has 94 valence electrons. The lowest BCUT2D eigenvalue weighted by Gasteiger charge is -2.25. The van der Waals surface area contributed by atoms with Crippen molar-refractivity contribution in [3.05, 3.63) is 23.5 Å². The van der Waals surface area contributed by atoms with Crippen molar-refractivity contribution in [2.45, 2.75) is 6.04 Å². The summed E-state index contributed by atoms with van der Waals surface area (Å²) in [6.45, 7) is 2.54. The van der Waals surface area contributed by atoms with Crippen molar-refractivity contribution in [1.29, 1.82) is 0 Å². The van der Waals surface area contributed by atoms with E-state index < -0.39 is 5.97 Å². The van der Waals surface area contributed by atoms with E-state index in [1.807, 2.05) is 6.07 Å². The molecule has 18 heavy (non-hydrogen) atoms.